The van der Waals surface area contributed by atoms with Crippen molar-refractivity contribution in [3.05, 3.63) is 46.3 Å². The molecule has 0 fully saturated rings. The monoisotopic (exact) mass is 350 g/mol. The third-order valence-corrected chi connectivity index (χ3v) is 3.78. The Kier molecular flexibility index (Phi) is 3.38. The second kappa shape index (κ2) is 5.21. The fourth-order valence-electron chi connectivity index (χ4n) is 2.16. The van der Waals surface area contributed by atoms with Gasteiger partial charge in [-0.2, -0.15) is 10.1 Å². The van der Waals surface area contributed by atoms with Gasteiger partial charge in [-0.15, -0.1) is 0 Å². The van der Waals surface area contributed by atoms with Gasteiger partial charge in [-0.25, -0.2) is 9.48 Å². The maximum Gasteiger partial charge on any atom is 0.352 e. The van der Waals surface area contributed by atoms with Gasteiger partial charge in [0.1, 0.15) is 23.8 Å². The van der Waals surface area contributed by atoms with Gasteiger partial charge in [0.15, 0.2) is 0 Å². The van der Waals surface area contributed by atoms with Crippen molar-refractivity contribution in [2.75, 3.05) is 12.4 Å². The molecule has 2 aromatic rings. The van der Waals surface area contributed by atoms with Crippen LogP contribution in [0.3, 0.4) is 0 Å². The van der Waals surface area contributed by atoms with E-state index in [0.717, 1.165) is 10.0 Å². The third-order valence-electron chi connectivity index (χ3n) is 3.16. The van der Waals surface area contributed by atoms with E-state index < -0.39 is 5.97 Å². The van der Waals surface area contributed by atoms with Crippen molar-refractivity contribution in [2.45, 2.75) is 6.04 Å². The van der Waals surface area contributed by atoms with Crippen LogP contribution >= 0.6 is 15.9 Å². The van der Waals surface area contributed by atoms with Gasteiger partial charge in [-0.3, -0.25) is 0 Å². The highest BCUT2D eigenvalue weighted by Crippen LogP contribution is 2.33. The van der Waals surface area contributed by atoms with Crippen molar-refractivity contribution in [2.24, 2.45) is 0 Å². The second-order valence-corrected chi connectivity index (χ2v) is 5.23. The second-order valence-electron chi connectivity index (χ2n) is 4.38. The molecule has 0 saturated carbocycles. The summed E-state index contributed by atoms with van der Waals surface area (Å²) in [5, 5.41) is 16.1. The number of anilines is 1. The minimum atomic E-state index is -1.04. The first-order valence-electron chi connectivity index (χ1n) is 6.05. The zero-order valence-electron chi connectivity index (χ0n) is 10.9. The molecule has 2 heterocycles. The largest absolute Gasteiger partial charge is 0.496 e. The fraction of sp³-hybridized carbons (Fsp3) is 0.154. The van der Waals surface area contributed by atoms with E-state index in [0.29, 0.717) is 11.7 Å². The van der Waals surface area contributed by atoms with Crippen LogP contribution in [0.2, 0.25) is 0 Å². The van der Waals surface area contributed by atoms with Crippen molar-refractivity contribution in [1.29, 1.82) is 0 Å². The van der Waals surface area contributed by atoms with E-state index in [1.165, 1.54) is 6.33 Å². The number of nitrogens with one attached hydrogen (secondary N) is 1. The van der Waals surface area contributed by atoms with E-state index in [-0.39, 0.29) is 11.7 Å². The Morgan fingerprint density at radius 3 is 3.00 bits per heavy atom. The zero-order valence-corrected chi connectivity index (χ0v) is 12.5. The number of aromatic nitrogens is 3. The molecule has 1 aliphatic heterocycles. The van der Waals surface area contributed by atoms with Gasteiger partial charge in [0.25, 0.3) is 0 Å². The van der Waals surface area contributed by atoms with Gasteiger partial charge >= 0.3 is 5.97 Å². The molecule has 0 saturated heterocycles. The van der Waals surface area contributed by atoms with Gasteiger partial charge in [-0.05, 0) is 39.7 Å². The van der Waals surface area contributed by atoms with Gasteiger partial charge < -0.3 is 15.2 Å². The van der Waals surface area contributed by atoms with Crippen LogP contribution in [0.15, 0.2) is 40.8 Å². The lowest BCUT2D eigenvalue weighted by atomic mass is 10.0. The van der Waals surface area contributed by atoms with Crippen molar-refractivity contribution < 1.29 is 14.6 Å². The van der Waals surface area contributed by atoms with Crippen LogP contribution < -0.4 is 10.1 Å². The van der Waals surface area contributed by atoms with Crippen LogP contribution in [0.1, 0.15) is 11.6 Å². The smallest absolute Gasteiger partial charge is 0.352 e. The van der Waals surface area contributed by atoms with Crippen molar-refractivity contribution in [3.63, 3.8) is 0 Å². The topological polar surface area (TPSA) is 89.3 Å². The first-order valence-corrected chi connectivity index (χ1v) is 6.84. The van der Waals surface area contributed by atoms with Crippen LogP contribution in [0.4, 0.5) is 5.95 Å². The molecule has 0 spiro atoms. The highest BCUT2D eigenvalue weighted by Gasteiger charge is 2.25. The Bertz CT molecular complexity index is 741. The number of ether oxygens (including phenoxy) is 1. The summed E-state index contributed by atoms with van der Waals surface area (Å²) >= 11 is 3.43. The number of methoxy groups -OCH3 is 1. The van der Waals surface area contributed by atoms with Crippen LogP contribution in [0.25, 0.3) is 0 Å². The number of benzene rings is 1. The summed E-state index contributed by atoms with van der Waals surface area (Å²) < 4.78 is 7.61. The molecule has 1 aliphatic rings. The fourth-order valence-corrected chi connectivity index (χ4v) is 2.72. The average molecular weight is 351 g/mol. The van der Waals surface area contributed by atoms with E-state index in [1.807, 2.05) is 18.2 Å². The predicted octanol–water partition coefficient (Wildman–Crippen LogP) is 2.03. The van der Waals surface area contributed by atoms with Crippen LogP contribution in [-0.4, -0.2) is 33.0 Å². The van der Waals surface area contributed by atoms with Crippen LogP contribution in [-0.2, 0) is 4.79 Å². The molecule has 1 aromatic heterocycles. The Morgan fingerprint density at radius 2 is 2.33 bits per heavy atom. The molecule has 3 rings (SSSR count). The quantitative estimate of drug-likeness (QED) is 0.880. The van der Waals surface area contributed by atoms with E-state index in [4.69, 9.17) is 4.74 Å². The summed E-state index contributed by atoms with van der Waals surface area (Å²) in [5.41, 5.74) is 0.946. The molecule has 0 amide bonds. The van der Waals surface area contributed by atoms with E-state index in [1.54, 1.807) is 17.9 Å². The molecular formula is C13H11BrN4O3. The number of carbonyl (C=O) groups is 1. The van der Waals surface area contributed by atoms with Crippen LogP contribution in [0.5, 0.6) is 5.75 Å². The molecule has 21 heavy (non-hydrogen) atoms. The number of carboxylic acids is 1. The van der Waals surface area contributed by atoms with Crippen LogP contribution in [0, 0.1) is 0 Å². The van der Waals surface area contributed by atoms with E-state index >= 15 is 0 Å². The maximum absolute atomic E-state index is 11.2. The van der Waals surface area contributed by atoms with Crippen molar-refractivity contribution >= 4 is 27.8 Å². The number of allylic oxidation sites excluding steroid dienone is 1. The number of aliphatic carboxylic acids is 1. The molecule has 0 unspecified atom stereocenters. The van der Waals surface area contributed by atoms with Crippen molar-refractivity contribution in [3.8, 4) is 5.75 Å². The van der Waals surface area contributed by atoms with Gasteiger partial charge in [0.05, 0.1) is 11.6 Å². The molecule has 0 bridgehead atoms. The number of carboxylic acid groups (broad SMARTS) is 1. The average Bonchev–Trinajstić information content (AvgIpc) is 2.94. The Morgan fingerprint density at radius 1 is 1.52 bits per heavy atom. The first kappa shape index (κ1) is 13.6. The summed E-state index contributed by atoms with van der Waals surface area (Å²) in [6.07, 6.45) is 2.98. The van der Waals surface area contributed by atoms with Gasteiger partial charge in [-0.1, -0.05) is 6.07 Å². The number of hydrogen-bond donors (Lipinski definition) is 2. The molecule has 7 nitrogen and oxygen atoms in total. The van der Waals surface area contributed by atoms with Crippen molar-refractivity contribution in [1.82, 2.24) is 14.8 Å². The summed E-state index contributed by atoms with van der Waals surface area (Å²) in [6.45, 7) is 0. The normalized spacial score (nSPS) is 16.7. The Hall–Kier alpha value is -2.35. The highest BCUT2D eigenvalue weighted by molar-refractivity contribution is 9.10. The molecule has 2 N–H and O–H groups in total. The molecular weight excluding hydrogens is 340 g/mol. The summed E-state index contributed by atoms with van der Waals surface area (Å²) in [5.74, 6) is 0.0580. The maximum atomic E-state index is 11.2. The third kappa shape index (κ3) is 2.38. The van der Waals surface area contributed by atoms with Gasteiger partial charge in [0.2, 0.25) is 5.95 Å². The molecule has 1 atom stereocenters. The summed E-state index contributed by atoms with van der Waals surface area (Å²) in [4.78, 5) is 15.2. The lowest BCUT2D eigenvalue weighted by Gasteiger charge is -2.22. The minimum absolute atomic E-state index is 0.0763. The number of hydrogen-bond acceptors (Lipinski definition) is 5. The molecule has 0 aliphatic carbocycles. The molecule has 8 heteroatoms. The summed E-state index contributed by atoms with van der Waals surface area (Å²) in [7, 11) is 1.59. The SMILES string of the molecule is COc1ccc([C@H]2C=C(C(=O)O)Nc3ncnn32)cc1Br. The molecule has 1 aromatic carbocycles. The number of nitrogens with zero attached hydrogens (tertiary/aromatic N) is 3. The number of rotatable bonds is 3. The molecule has 108 valence electrons. The van der Waals surface area contributed by atoms with Gasteiger partial charge in [0, 0.05) is 0 Å². The standard InChI is InChI=1S/C13H11BrN4O3/c1-21-11-3-2-7(4-8(11)14)10-5-9(12(19)20)17-13-15-6-16-18(10)13/h2-6,10H,1H3,(H,19,20)(H,15,16,17)/t10-/m1/s1. The Balaban J connectivity index is 2.08. The van der Waals surface area contributed by atoms with E-state index in [9.17, 15) is 9.90 Å². The lowest BCUT2D eigenvalue weighted by Crippen LogP contribution is -2.24. The zero-order chi connectivity index (χ0) is 15.0. The van der Waals surface area contributed by atoms with E-state index in [2.05, 4.69) is 31.3 Å². The summed E-state index contributed by atoms with van der Waals surface area (Å²) in [6, 6.07) is 5.20. The molecule has 0 radical (unpaired) electrons. The minimum Gasteiger partial charge on any atom is -0.496 e. The lowest BCUT2D eigenvalue weighted by molar-refractivity contribution is -0.132. The number of fused-ring (bicyclic) bond motifs is 1. The first-order chi connectivity index (χ1) is 10.1. The predicted molar refractivity (Wildman–Crippen MR) is 78.2 cm³/mol. The number of halogens is 1. The Labute approximate surface area is 128 Å². The highest BCUT2D eigenvalue weighted by atomic mass is 79.9.